The second-order valence-corrected chi connectivity index (χ2v) is 12.7. The summed E-state index contributed by atoms with van der Waals surface area (Å²) in [4.78, 5) is 4.91. The Labute approximate surface area is 268 Å². The van der Waals surface area contributed by atoms with Crippen molar-refractivity contribution in [2.24, 2.45) is 0 Å². The second kappa shape index (κ2) is 11.1. The van der Waals surface area contributed by atoms with Crippen LogP contribution in [0.1, 0.15) is 26.3 Å². The maximum absolute atomic E-state index is 6.39. The van der Waals surface area contributed by atoms with Crippen LogP contribution in [0, 0.1) is 6.33 Å². The minimum Gasteiger partial charge on any atom is -0.458 e. The number of imidazole rings is 1. The summed E-state index contributed by atoms with van der Waals surface area (Å²) in [5, 5.41) is 2.17. The molecular weight excluding hydrogens is 565 g/mol. The molecule has 0 N–H and O–H groups in total. The minimum absolute atomic E-state index is 0.00329. The van der Waals surface area contributed by atoms with Crippen LogP contribution in [0.25, 0.3) is 38.7 Å². The van der Waals surface area contributed by atoms with Crippen LogP contribution in [-0.4, -0.2) is 16.4 Å². The molecule has 222 valence electrons. The van der Waals surface area contributed by atoms with Crippen molar-refractivity contribution >= 4 is 50.9 Å². The summed E-state index contributed by atoms with van der Waals surface area (Å²) >= 11 is 0. The fourth-order valence-electron chi connectivity index (χ4n) is 6.21. The van der Waals surface area contributed by atoms with Crippen molar-refractivity contribution in [3.05, 3.63) is 152 Å². The summed E-state index contributed by atoms with van der Waals surface area (Å²) in [6, 6.07) is 45.5. The van der Waals surface area contributed by atoms with Gasteiger partial charge >= 0.3 is 6.85 Å². The molecule has 0 fully saturated rings. The molecule has 0 radical (unpaired) electrons. The lowest BCUT2D eigenvalue weighted by Gasteiger charge is -2.21. The van der Waals surface area contributed by atoms with E-state index in [9.17, 15) is 0 Å². The van der Waals surface area contributed by atoms with Gasteiger partial charge in [0.2, 0.25) is 6.33 Å². The Hall–Kier alpha value is -5.62. The molecule has 0 amide bonds. The predicted octanol–water partition coefficient (Wildman–Crippen LogP) is 7.76. The molecule has 3 aromatic heterocycles. The third-order valence-corrected chi connectivity index (χ3v) is 8.55. The molecule has 5 nitrogen and oxygen atoms in total. The fourth-order valence-corrected chi connectivity index (χ4v) is 6.21. The number of pyridine rings is 1. The van der Waals surface area contributed by atoms with Crippen molar-refractivity contribution in [2.45, 2.75) is 26.2 Å². The number of aromatic nitrogens is 3. The Bertz CT molecular complexity index is 2350. The first-order chi connectivity index (χ1) is 22.4. The van der Waals surface area contributed by atoms with E-state index in [4.69, 9.17) is 14.1 Å². The fraction of sp³-hybridized carbons (Fsp3) is 0.100. The number of ether oxygens (including phenoxy) is 1. The van der Waals surface area contributed by atoms with Crippen molar-refractivity contribution in [1.29, 1.82) is 0 Å². The van der Waals surface area contributed by atoms with Gasteiger partial charge in [0.15, 0.2) is 0 Å². The summed E-state index contributed by atoms with van der Waals surface area (Å²) in [6.07, 6.45) is 5.64. The molecule has 0 spiro atoms. The van der Waals surface area contributed by atoms with Crippen LogP contribution >= 0.6 is 0 Å². The van der Waals surface area contributed by atoms with E-state index in [2.05, 4.69) is 121 Å². The molecule has 0 bridgehead atoms. The van der Waals surface area contributed by atoms with Gasteiger partial charge in [0.25, 0.3) is 0 Å². The van der Waals surface area contributed by atoms with Gasteiger partial charge in [-0.2, -0.15) is 0 Å². The van der Waals surface area contributed by atoms with Gasteiger partial charge in [-0.25, -0.2) is 0 Å². The molecule has 5 aromatic carbocycles. The van der Waals surface area contributed by atoms with Gasteiger partial charge < -0.3 is 18.2 Å². The van der Waals surface area contributed by atoms with Gasteiger partial charge in [-0.05, 0) is 58.9 Å². The van der Waals surface area contributed by atoms with E-state index in [0.717, 1.165) is 55.5 Å². The first kappa shape index (κ1) is 27.9. The Morgan fingerprint density at radius 2 is 1.48 bits per heavy atom. The first-order valence-electron chi connectivity index (χ1n) is 15.6. The number of fused-ring (bicyclic) bond motifs is 4. The molecule has 0 aliphatic heterocycles. The van der Waals surface area contributed by atoms with E-state index in [0.29, 0.717) is 5.75 Å². The topological polar surface area (TPSA) is 44.1 Å². The number of nitrogens with zero attached hydrogens (tertiary/aromatic N) is 3. The van der Waals surface area contributed by atoms with E-state index >= 15 is 0 Å². The molecular formula is C40H32BN3O2. The Morgan fingerprint density at radius 1 is 0.717 bits per heavy atom. The van der Waals surface area contributed by atoms with E-state index in [-0.39, 0.29) is 12.3 Å². The SMILES string of the molecule is CC(C)(C)c1ccnc(B(c2ccccc2)[n+]2[c-]n(-c3cccc(Oc4ccc5c(c4)oc4ccccc45)c3)c3ccccc32)c1. The largest absolute Gasteiger partial charge is 0.458 e. The average molecular weight is 598 g/mol. The van der Waals surface area contributed by atoms with Gasteiger partial charge in [0, 0.05) is 28.6 Å². The maximum Gasteiger partial charge on any atom is 0.447 e. The summed E-state index contributed by atoms with van der Waals surface area (Å²) in [6.45, 7) is 6.53. The van der Waals surface area contributed by atoms with Crippen molar-refractivity contribution in [3.63, 3.8) is 0 Å². The molecule has 8 rings (SSSR count). The Morgan fingerprint density at radius 3 is 2.35 bits per heavy atom. The van der Waals surface area contributed by atoms with Crippen LogP contribution in [0.5, 0.6) is 11.5 Å². The Kier molecular flexibility index (Phi) is 6.72. The number of para-hydroxylation sites is 3. The predicted molar refractivity (Wildman–Crippen MR) is 186 cm³/mol. The normalized spacial score (nSPS) is 11.8. The highest BCUT2D eigenvalue weighted by atomic mass is 16.5. The lowest BCUT2D eigenvalue weighted by Crippen LogP contribution is -2.66. The highest BCUT2D eigenvalue weighted by Gasteiger charge is 2.31. The van der Waals surface area contributed by atoms with Gasteiger partial charge in [-0.1, -0.05) is 106 Å². The third-order valence-electron chi connectivity index (χ3n) is 8.55. The van der Waals surface area contributed by atoms with Crippen molar-refractivity contribution in [1.82, 2.24) is 9.55 Å². The smallest absolute Gasteiger partial charge is 0.447 e. The number of furan rings is 1. The van der Waals surface area contributed by atoms with Gasteiger partial charge in [0.1, 0.15) is 22.7 Å². The monoisotopic (exact) mass is 597 g/mol. The number of hydrogen-bond donors (Lipinski definition) is 0. The average Bonchev–Trinajstić information content (AvgIpc) is 3.64. The zero-order chi connectivity index (χ0) is 31.3. The lowest BCUT2D eigenvalue weighted by molar-refractivity contribution is -0.508. The van der Waals surface area contributed by atoms with E-state index in [1.165, 1.54) is 5.56 Å². The van der Waals surface area contributed by atoms with Gasteiger partial charge in [-0.3, -0.25) is 4.98 Å². The number of rotatable bonds is 6. The third kappa shape index (κ3) is 5.02. The first-order valence-corrected chi connectivity index (χ1v) is 15.6. The number of hydrogen-bond acceptors (Lipinski definition) is 3. The van der Waals surface area contributed by atoms with Crippen LogP contribution in [0.3, 0.4) is 0 Å². The van der Waals surface area contributed by atoms with E-state index < -0.39 is 0 Å². The number of benzene rings is 5. The van der Waals surface area contributed by atoms with Crippen LogP contribution in [-0.2, 0) is 5.41 Å². The zero-order valence-electron chi connectivity index (χ0n) is 26.0. The molecule has 0 atom stereocenters. The molecule has 6 heteroatoms. The molecule has 0 saturated heterocycles. The zero-order valence-corrected chi connectivity index (χ0v) is 26.0. The van der Waals surface area contributed by atoms with Crippen molar-refractivity contribution < 1.29 is 13.6 Å². The molecule has 0 unspecified atom stereocenters. The van der Waals surface area contributed by atoms with Crippen LogP contribution in [0.4, 0.5) is 0 Å². The molecule has 0 aliphatic carbocycles. The van der Waals surface area contributed by atoms with Crippen LogP contribution in [0.2, 0.25) is 0 Å². The van der Waals surface area contributed by atoms with Crippen LogP contribution in [0.15, 0.2) is 144 Å². The molecule has 0 saturated carbocycles. The van der Waals surface area contributed by atoms with E-state index in [1.807, 2.05) is 54.7 Å². The summed E-state index contributed by atoms with van der Waals surface area (Å²) in [5.74, 6) is 1.44. The standard InChI is InChI=1S/C40H32BN3O2/c1-40(2,3)28-22-23-42-39(24-28)41(29-12-5-4-6-13-29)44-27-43(35-17-8-9-18-36(35)44)30-14-11-15-31(25-30)45-32-20-21-34-33-16-7-10-19-37(33)46-38(34)26-32/h4-26H,1-3H3. The summed E-state index contributed by atoms with van der Waals surface area (Å²) in [7, 11) is 0. The van der Waals surface area contributed by atoms with Crippen molar-refractivity contribution in [2.75, 3.05) is 0 Å². The molecule has 8 aromatic rings. The van der Waals surface area contributed by atoms with E-state index in [1.54, 1.807) is 0 Å². The summed E-state index contributed by atoms with van der Waals surface area (Å²) < 4.78 is 16.8. The molecule has 3 heterocycles. The quantitative estimate of drug-likeness (QED) is 0.145. The van der Waals surface area contributed by atoms with Crippen molar-refractivity contribution in [3.8, 4) is 17.2 Å². The molecule has 0 aliphatic rings. The van der Waals surface area contributed by atoms with Gasteiger partial charge in [-0.15, -0.1) is 0 Å². The lowest BCUT2D eigenvalue weighted by atomic mass is 9.52. The highest BCUT2D eigenvalue weighted by Crippen LogP contribution is 2.33. The summed E-state index contributed by atoms with van der Waals surface area (Å²) in [5.41, 5.74) is 8.07. The second-order valence-electron chi connectivity index (χ2n) is 12.7. The van der Waals surface area contributed by atoms with Crippen LogP contribution < -0.4 is 20.3 Å². The minimum atomic E-state index is -0.176. The van der Waals surface area contributed by atoms with Gasteiger partial charge in [0.05, 0.1) is 16.8 Å². The Balaban J connectivity index is 1.21. The molecule has 46 heavy (non-hydrogen) atoms. The highest BCUT2D eigenvalue weighted by molar-refractivity contribution is 6.77. The maximum atomic E-state index is 6.39.